The summed E-state index contributed by atoms with van der Waals surface area (Å²) in [5.41, 5.74) is 3.29. The van der Waals surface area contributed by atoms with Gasteiger partial charge in [0.25, 0.3) is 0 Å². The number of ether oxygens (including phenoxy) is 1. The number of para-hydroxylation sites is 1. The van der Waals surface area contributed by atoms with Crippen LogP contribution in [0.3, 0.4) is 0 Å². The Balaban J connectivity index is 1.72. The molecule has 1 aromatic heterocycles. The van der Waals surface area contributed by atoms with Gasteiger partial charge in [0.05, 0.1) is 12.7 Å². The fourth-order valence-electron chi connectivity index (χ4n) is 2.68. The molecule has 0 saturated carbocycles. The van der Waals surface area contributed by atoms with Gasteiger partial charge in [-0.2, -0.15) is 0 Å². The molecule has 1 unspecified atom stereocenters. The third-order valence-electron chi connectivity index (χ3n) is 3.75. The van der Waals surface area contributed by atoms with E-state index in [1.165, 1.54) is 5.56 Å². The average Bonchev–Trinajstić information content (AvgIpc) is 2.53. The number of benzene rings is 1. The standard InChI is InChI=1S/C17H19NO2/c19-16(9-8-13-4-2-10-18-12-13)15-7-1-5-14-6-3-11-20-17(14)15/h1-2,4-5,7,10,12,16,19H,3,6,8-9,11H2. The molecule has 1 aliphatic rings. The first kappa shape index (κ1) is 13.1. The first-order valence-corrected chi connectivity index (χ1v) is 7.16. The van der Waals surface area contributed by atoms with Gasteiger partial charge in [-0.05, 0) is 42.9 Å². The Morgan fingerprint density at radius 2 is 2.20 bits per heavy atom. The maximum absolute atomic E-state index is 10.4. The molecule has 104 valence electrons. The van der Waals surface area contributed by atoms with Crippen molar-refractivity contribution >= 4 is 0 Å². The number of hydrogen-bond acceptors (Lipinski definition) is 3. The van der Waals surface area contributed by atoms with Crippen LogP contribution in [-0.4, -0.2) is 16.7 Å². The van der Waals surface area contributed by atoms with Crippen LogP contribution in [0.25, 0.3) is 0 Å². The molecule has 0 saturated heterocycles. The molecule has 1 atom stereocenters. The van der Waals surface area contributed by atoms with Gasteiger partial charge in [0.2, 0.25) is 0 Å². The minimum atomic E-state index is -0.483. The van der Waals surface area contributed by atoms with Gasteiger partial charge in [0, 0.05) is 18.0 Å². The van der Waals surface area contributed by atoms with Gasteiger partial charge < -0.3 is 9.84 Å². The van der Waals surface area contributed by atoms with E-state index in [-0.39, 0.29) is 0 Å². The van der Waals surface area contributed by atoms with Crippen molar-refractivity contribution < 1.29 is 9.84 Å². The van der Waals surface area contributed by atoms with Crippen molar-refractivity contribution in [2.75, 3.05) is 6.61 Å². The van der Waals surface area contributed by atoms with E-state index >= 15 is 0 Å². The highest BCUT2D eigenvalue weighted by Gasteiger charge is 2.19. The van der Waals surface area contributed by atoms with Gasteiger partial charge in [-0.1, -0.05) is 24.3 Å². The molecule has 1 aliphatic heterocycles. The lowest BCUT2D eigenvalue weighted by atomic mass is 9.96. The zero-order valence-electron chi connectivity index (χ0n) is 11.5. The molecule has 20 heavy (non-hydrogen) atoms. The largest absolute Gasteiger partial charge is 0.493 e. The molecule has 0 aliphatic carbocycles. The molecule has 1 aromatic carbocycles. The Morgan fingerprint density at radius 1 is 1.25 bits per heavy atom. The van der Waals surface area contributed by atoms with E-state index in [9.17, 15) is 5.11 Å². The van der Waals surface area contributed by atoms with Crippen molar-refractivity contribution in [1.82, 2.24) is 4.98 Å². The van der Waals surface area contributed by atoms with E-state index in [1.807, 2.05) is 30.5 Å². The lowest BCUT2D eigenvalue weighted by Crippen LogP contribution is -2.12. The van der Waals surface area contributed by atoms with Crippen molar-refractivity contribution in [2.45, 2.75) is 31.8 Å². The van der Waals surface area contributed by atoms with Gasteiger partial charge in [0.1, 0.15) is 5.75 Å². The van der Waals surface area contributed by atoms with Crippen LogP contribution in [0.1, 0.15) is 35.6 Å². The maximum Gasteiger partial charge on any atom is 0.128 e. The topological polar surface area (TPSA) is 42.4 Å². The summed E-state index contributed by atoms with van der Waals surface area (Å²) in [6, 6.07) is 10.0. The van der Waals surface area contributed by atoms with E-state index in [4.69, 9.17) is 4.74 Å². The number of aryl methyl sites for hydroxylation is 2. The van der Waals surface area contributed by atoms with Crippen LogP contribution in [0.5, 0.6) is 5.75 Å². The number of aliphatic hydroxyl groups is 1. The van der Waals surface area contributed by atoms with Crippen LogP contribution < -0.4 is 4.74 Å². The second-order valence-corrected chi connectivity index (χ2v) is 5.20. The van der Waals surface area contributed by atoms with Gasteiger partial charge in [-0.3, -0.25) is 4.98 Å². The summed E-state index contributed by atoms with van der Waals surface area (Å²) in [5.74, 6) is 0.900. The smallest absolute Gasteiger partial charge is 0.128 e. The van der Waals surface area contributed by atoms with E-state index in [1.54, 1.807) is 6.20 Å². The molecule has 3 heteroatoms. The lowest BCUT2D eigenvalue weighted by Gasteiger charge is -2.22. The first-order valence-electron chi connectivity index (χ1n) is 7.16. The average molecular weight is 269 g/mol. The van der Waals surface area contributed by atoms with E-state index in [2.05, 4.69) is 11.1 Å². The summed E-state index contributed by atoms with van der Waals surface area (Å²) in [6.07, 6.45) is 6.74. The molecule has 2 aromatic rings. The van der Waals surface area contributed by atoms with E-state index < -0.39 is 6.10 Å². The number of pyridine rings is 1. The molecule has 0 radical (unpaired) electrons. The van der Waals surface area contributed by atoms with Gasteiger partial charge in [0.15, 0.2) is 0 Å². The highest BCUT2D eigenvalue weighted by Crippen LogP contribution is 2.34. The Morgan fingerprint density at radius 3 is 3.05 bits per heavy atom. The highest BCUT2D eigenvalue weighted by molar-refractivity contribution is 5.44. The van der Waals surface area contributed by atoms with Crippen molar-refractivity contribution in [3.05, 3.63) is 59.4 Å². The summed E-state index contributed by atoms with van der Waals surface area (Å²) in [7, 11) is 0. The number of hydrogen-bond donors (Lipinski definition) is 1. The number of aromatic nitrogens is 1. The van der Waals surface area contributed by atoms with E-state index in [0.717, 1.165) is 42.7 Å². The summed E-state index contributed by atoms with van der Waals surface area (Å²) in [6.45, 7) is 0.749. The third-order valence-corrected chi connectivity index (χ3v) is 3.75. The van der Waals surface area contributed by atoms with Crippen LogP contribution in [0, 0.1) is 0 Å². The predicted octanol–water partition coefficient (Wildman–Crippen LogP) is 3.07. The zero-order chi connectivity index (χ0) is 13.8. The second-order valence-electron chi connectivity index (χ2n) is 5.20. The summed E-state index contributed by atoms with van der Waals surface area (Å²) < 4.78 is 5.76. The molecule has 0 bridgehead atoms. The van der Waals surface area contributed by atoms with Crippen molar-refractivity contribution in [2.24, 2.45) is 0 Å². The summed E-state index contributed by atoms with van der Waals surface area (Å²) >= 11 is 0. The van der Waals surface area contributed by atoms with Crippen LogP contribution >= 0.6 is 0 Å². The van der Waals surface area contributed by atoms with Gasteiger partial charge >= 0.3 is 0 Å². The number of aliphatic hydroxyl groups excluding tert-OH is 1. The molecule has 3 nitrogen and oxygen atoms in total. The van der Waals surface area contributed by atoms with Gasteiger partial charge in [-0.15, -0.1) is 0 Å². The molecular weight excluding hydrogens is 250 g/mol. The molecular formula is C17H19NO2. The molecule has 2 heterocycles. The third kappa shape index (κ3) is 2.83. The summed E-state index contributed by atoms with van der Waals surface area (Å²) in [5, 5.41) is 10.4. The van der Waals surface area contributed by atoms with Crippen LogP contribution in [0.15, 0.2) is 42.7 Å². The Hall–Kier alpha value is -1.87. The molecule has 0 fully saturated rings. The lowest BCUT2D eigenvalue weighted by molar-refractivity contribution is 0.159. The SMILES string of the molecule is OC(CCc1cccnc1)c1cccc2c1OCCC2. The normalized spacial score (nSPS) is 15.2. The van der Waals surface area contributed by atoms with Crippen molar-refractivity contribution in [1.29, 1.82) is 0 Å². The predicted molar refractivity (Wildman–Crippen MR) is 77.8 cm³/mol. The number of fused-ring (bicyclic) bond motifs is 1. The van der Waals surface area contributed by atoms with Crippen LogP contribution in [-0.2, 0) is 12.8 Å². The minimum Gasteiger partial charge on any atom is -0.493 e. The Bertz CT molecular complexity index is 568. The maximum atomic E-state index is 10.4. The zero-order valence-corrected chi connectivity index (χ0v) is 11.5. The fourth-order valence-corrected chi connectivity index (χ4v) is 2.68. The Labute approximate surface area is 119 Å². The monoisotopic (exact) mass is 269 g/mol. The summed E-state index contributed by atoms with van der Waals surface area (Å²) in [4.78, 5) is 4.10. The molecule has 0 spiro atoms. The second kappa shape index (κ2) is 6.06. The van der Waals surface area contributed by atoms with Crippen molar-refractivity contribution in [3.63, 3.8) is 0 Å². The highest BCUT2D eigenvalue weighted by atomic mass is 16.5. The first-order chi connectivity index (χ1) is 9.84. The number of nitrogens with zero attached hydrogens (tertiary/aromatic N) is 1. The Kier molecular flexibility index (Phi) is 3.97. The van der Waals surface area contributed by atoms with Crippen LogP contribution in [0.2, 0.25) is 0 Å². The minimum absolute atomic E-state index is 0.483. The molecule has 3 rings (SSSR count). The van der Waals surface area contributed by atoms with Gasteiger partial charge in [-0.25, -0.2) is 0 Å². The van der Waals surface area contributed by atoms with Crippen LogP contribution in [0.4, 0.5) is 0 Å². The molecule has 0 amide bonds. The number of rotatable bonds is 4. The molecule has 1 N–H and O–H groups in total. The van der Waals surface area contributed by atoms with E-state index in [0.29, 0.717) is 6.42 Å². The fraction of sp³-hybridized carbons (Fsp3) is 0.353. The quantitative estimate of drug-likeness (QED) is 0.927. The van der Waals surface area contributed by atoms with Crippen molar-refractivity contribution in [3.8, 4) is 5.75 Å².